The first-order chi connectivity index (χ1) is 15.8. The normalized spacial score (nSPS) is 19.4. The lowest BCUT2D eigenvalue weighted by Gasteiger charge is -2.36. The van der Waals surface area contributed by atoms with Gasteiger partial charge in [-0.15, -0.1) is 11.3 Å². The van der Waals surface area contributed by atoms with Crippen molar-refractivity contribution in [3.63, 3.8) is 0 Å². The molecular formula is C27H25FN2O2S. The Balaban J connectivity index is 1.68. The zero-order valence-corrected chi connectivity index (χ0v) is 19.4. The number of thiophene rings is 1. The smallest absolute Gasteiger partial charge is 0.232 e. The monoisotopic (exact) mass is 460 g/mol. The third kappa shape index (κ3) is 4.11. The molecule has 2 heterocycles. The molecule has 0 saturated carbocycles. The van der Waals surface area contributed by atoms with Gasteiger partial charge in [0.05, 0.1) is 17.8 Å². The van der Waals surface area contributed by atoms with E-state index in [-0.39, 0.29) is 29.3 Å². The number of carbonyl (C=O) groups is 2. The van der Waals surface area contributed by atoms with E-state index in [1.54, 1.807) is 28.4 Å². The first kappa shape index (κ1) is 21.6. The highest BCUT2D eigenvalue weighted by molar-refractivity contribution is 7.10. The van der Waals surface area contributed by atoms with Gasteiger partial charge < -0.3 is 5.32 Å². The molecule has 0 unspecified atom stereocenters. The number of rotatable bonds is 3. The van der Waals surface area contributed by atoms with Crippen LogP contribution < -0.4 is 10.2 Å². The summed E-state index contributed by atoms with van der Waals surface area (Å²) in [6.07, 6.45) is 1.27. The van der Waals surface area contributed by atoms with Crippen LogP contribution in [0.3, 0.4) is 0 Å². The Hall–Kier alpha value is -3.25. The van der Waals surface area contributed by atoms with Crippen LogP contribution in [0.4, 0.5) is 15.8 Å². The molecule has 0 spiro atoms. The van der Waals surface area contributed by atoms with E-state index in [4.69, 9.17) is 0 Å². The lowest BCUT2D eigenvalue weighted by atomic mass is 9.74. The number of hydrogen-bond donors (Lipinski definition) is 1. The van der Waals surface area contributed by atoms with Crippen molar-refractivity contribution in [3.8, 4) is 0 Å². The summed E-state index contributed by atoms with van der Waals surface area (Å²) in [6, 6.07) is 17.1. The maximum Gasteiger partial charge on any atom is 0.232 e. The number of benzene rings is 2. The summed E-state index contributed by atoms with van der Waals surface area (Å²) in [5.74, 6) is -0.405. The summed E-state index contributed by atoms with van der Waals surface area (Å²) in [5, 5.41) is 5.49. The van der Waals surface area contributed by atoms with Crippen molar-refractivity contribution >= 4 is 34.4 Å². The number of Topliss-reactive ketones (excluding diaryl/α,β-unsaturated/α-hetero) is 1. The van der Waals surface area contributed by atoms with Crippen LogP contribution in [0.1, 0.15) is 43.2 Å². The molecule has 1 N–H and O–H groups in total. The highest BCUT2D eigenvalue weighted by Gasteiger charge is 2.43. The predicted molar refractivity (Wildman–Crippen MR) is 130 cm³/mol. The average molecular weight is 461 g/mol. The van der Waals surface area contributed by atoms with E-state index in [9.17, 15) is 14.0 Å². The van der Waals surface area contributed by atoms with E-state index >= 15 is 0 Å². The summed E-state index contributed by atoms with van der Waals surface area (Å²) >= 11 is 1.54. The lowest BCUT2D eigenvalue weighted by Crippen LogP contribution is -2.40. The molecule has 1 amide bonds. The van der Waals surface area contributed by atoms with Gasteiger partial charge in [0, 0.05) is 22.6 Å². The van der Waals surface area contributed by atoms with Crippen LogP contribution in [0, 0.1) is 11.2 Å². The maximum atomic E-state index is 13.9. The van der Waals surface area contributed by atoms with E-state index < -0.39 is 6.04 Å². The molecule has 4 nitrogen and oxygen atoms in total. The predicted octanol–water partition coefficient (Wildman–Crippen LogP) is 6.27. The van der Waals surface area contributed by atoms with Gasteiger partial charge in [0.2, 0.25) is 5.91 Å². The fourth-order valence-corrected chi connectivity index (χ4v) is 5.66. The Morgan fingerprint density at radius 3 is 2.58 bits per heavy atom. The minimum Gasteiger partial charge on any atom is -0.357 e. The van der Waals surface area contributed by atoms with Crippen molar-refractivity contribution < 1.29 is 14.0 Å². The number of para-hydroxylation sites is 2. The van der Waals surface area contributed by atoms with Gasteiger partial charge in [-0.25, -0.2) is 4.39 Å². The number of fused-ring (bicyclic) bond motifs is 1. The van der Waals surface area contributed by atoms with Gasteiger partial charge in [-0.1, -0.05) is 44.2 Å². The van der Waals surface area contributed by atoms with Crippen molar-refractivity contribution in [1.29, 1.82) is 0 Å². The zero-order valence-electron chi connectivity index (χ0n) is 18.6. The quantitative estimate of drug-likeness (QED) is 0.501. The van der Waals surface area contributed by atoms with Gasteiger partial charge in [0.25, 0.3) is 0 Å². The second-order valence-electron chi connectivity index (χ2n) is 9.46. The SMILES string of the molecule is CC1(C)CC(=O)C2=C(C1)Nc1ccccc1N(C(=O)Cc1ccc(F)cc1)[C@@H]2c1cccs1. The van der Waals surface area contributed by atoms with Crippen LogP contribution in [0.2, 0.25) is 0 Å². The summed E-state index contributed by atoms with van der Waals surface area (Å²) < 4.78 is 13.4. The molecule has 1 aliphatic heterocycles. The van der Waals surface area contributed by atoms with Gasteiger partial charge in [0.1, 0.15) is 11.9 Å². The standard InChI is InChI=1S/C27H25FN2O2S/c1-27(2)15-20-25(22(31)16-27)26(23-8-5-13-33-23)30(21-7-4-3-6-19(21)29-20)24(32)14-17-9-11-18(28)12-10-17/h3-13,26,29H,14-16H2,1-2H3/t26-/m1/s1. The van der Waals surface area contributed by atoms with Gasteiger partial charge in [0.15, 0.2) is 5.78 Å². The fraction of sp³-hybridized carbons (Fsp3) is 0.259. The number of carbonyl (C=O) groups excluding carboxylic acids is 2. The molecule has 33 heavy (non-hydrogen) atoms. The number of nitrogens with zero attached hydrogens (tertiary/aromatic N) is 1. The molecule has 1 aliphatic carbocycles. The van der Waals surface area contributed by atoms with E-state index in [0.29, 0.717) is 12.0 Å². The molecule has 3 aromatic rings. The van der Waals surface area contributed by atoms with E-state index in [1.807, 2.05) is 41.8 Å². The number of nitrogens with one attached hydrogen (secondary N) is 1. The Morgan fingerprint density at radius 1 is 1.09 bits per heavy atom. The number of ketones is 1. The largest absolute Gasteiger partial charge is 0.357 e. The third-order valence-electron chi connectivity index (χ3n) is 6.25. The third-order valence-corrected chi connectivity index (χ3v) is 7.18. The second kappa shape index (κ2) is 8.27. The van der Waals surface area contributed by atoms with Crippen molar-refractivity contribution in [3.05, 3.63) is 93.6 Å². The maximum absolute atomic E-state index is 13.9. The first-order valence-corrected chi connectivity index (χ1v) is 11.9. The number of hydrogen-bond acceptors (Lipinski definition) is 4. The minimum absolute atomic E-state index is 0.0690. The molecule has 0 radical (unpaired) electrons. The van der Waals surface area contributed by atoms with E-state index in [2.05, 4.69) is 19.2 Å². The molecule has 1 atom stereocenters. The lowest BCUT2D eigenvalue weighted by molar-refractivity contribution is -0.119. The molecule has 6 heteroatoms. The average Bonchev–Trinajstić information content (AvgIpc) is 3.24. The second-order valence-corrected chi connectivity index (χ2v) is 10.4. The highest BCUT2D eigenvalue weighted by atomic mass is 32.1. The minimum atomic E-state index is -0.507. The first-order valence-electron chi connectivity index (χ1n) is 11.0. The fourth-order valence-electron chi connectivity index (χ4n) is 4.84. The summed E-state index contributed by atoms with van der Waals surface area (Å²) in [4.78, 5) is 30.1. The molecule has 2 aromatic carbocycles. The highest BCUT2D eigenvalue weighted by Crippen LogP contribution is 2.49. The summed E-state index contributed by atoms with van der Waals surface area (Å²) in [5.41, 5.74) is 3.67. The van der Waals surface area contributed by atoms with Crippen molar-refractivity contribution in [2.75, 3.05) is 10.2 Å². The van der Waals surface area contributed by atoms with Gasteiger partial charge in [-0.2, -0.15) is 0 Å². The molecule has 0 fully saturated rings. The molecule has 168 valence electrons. The topological polar surface area (TPSA) is 49.4 Å². The van der Waals surface area contributed by atoms with E-state index in [1.165, 1.54) is 12.1 Å². The molecule has 2 aliphatic rings. The molecule has 1 aromatic heterocycles. The van der Waals surface area contributed by atoms with Crippen LogP contribution >= 0.6 is 11.3 Å². The van der Waals surface area contributed by atoms with Gasteiger partial charge >= 0.3 is 0 Å². The molecule has 5 rings (SSSR count). The van der Waals surface area contributed by atoms with Crippen LogP contribution in [0.25, 0.3) is 0 Å². The number of allylic oxidation sites excluding steroid dienone is 1. The van der Waals surface area contributed by atoms with Gasteiger partial charge in [-0.05, 0) is 53.1 Å². The van der Waals surface area contributed by atoms with Crippen LogP contribution in [0.15, 0.2) is 77.3 Å². The number of amides is 1. The van der Waals surface area contributed by atoms with Crippen molar-refractivity contribution in [1.82, 2.24) is 0 Å². The summed E-state index contributed by atoms with van der Waals surface area (Å²) in [6.45, 7) is 4.20. The van der Waals surface area contributed by atoms with Gasteiger partial charge in [-0.3, -0.25) is 14.5 Å². The number of anilines is 2. The van der Waals surface area contributed by atoms with Crippen LogP contribution in [-0.2, 0) is 16.0 Å². The molecular weight excluding hydrogens is 435 g/mol. The van der Waals surface area contributed by atoms with Crippen LogP contribution in [0.5, 0.6) is 0 Å². The summed E-state index contributed by atoms with van der Waals surface area (Å²) in [7, 11) is 0. The molecule has 0 saturated heterocycles. The zero-order chi connectivity index (χ0) is 23.2. The van der Waals surface area contributed by atoms with E-state index in [0.717, 1.165) is 33.9 Å². The number of halogens is 1. The van der Waals surface area contributed by atoms with Crippen molar-refractivity contribution in [2.45, 2.75) is 39.2 Å². The Kier molecular flexibility index (Phi) is 5.41. The Labute approximate surface area is 196 Å². The molecule has 0 bridgehead atoms. The van der Waals surface area contributed by atoms with Crippen LogP contribution in [-0.4, -0.2) is 11.7 Å². The Bertz CT molecular complexity index is 1250. The van der Waals surface area contributed by atoms with Crippen molar-refractivity contribution in [2.24, 2.45) is 5.41 Å². The Morgan fingerprint density at radius 2 is 1.85 bits per heavy atom.